The fraction of sp³-hybridized carbons (Fsp3) is 0.300. The Morgan fingerprint density at radius 2 is 1.46 bits per heavy atom. The number of carbonyl (C=O) groups is 2. The molecule has 0 unspecified atom stereocenters. The van der Waals surface area contributed by atoms with Gasteiger partial charge in [0.2, 0.25) is 5.91 Å². The van der Waals surface area contributed by atoms with Gasteiger partial charge in [0.15, 0.2) is 18.1 Å². The zero-order chi connectivity index (χ0) is 19.0. The van der Waals surface area contributed by atoms with Gasteiger partial charge in [0.25, 0.3) is 5.91 Å². The van der Waals surface area contributed by atoms with E-state index in [2.05, 4.69) is 10.9 Å². The molecule has 0 heterocycles. The van der Waals surface area contributed by atoms with Gasteiger partial charge in [-0.3, -0.25) is 20.4 Å². The van der Waals surface area contributed by atoms with Crippen molar-refractivity contribution in [1.29, 1.82) is 0 Å². The summed E-state index contributed by atoms with van der Waals surface area (Å²) >= 11 is 0. The van der Waals surface area contributed by atoms with Crippen LogP contribution in [0, 0.1) is 0 Å². The molecule has 138 valence electrons. The van der Waals surface area contributed by atoms with Crippen LogP contribution in [0.3, 0.4) is 0 Å². The summed E-state index contributed by atoms with van der Waals surface area (Å²) in [5, 5.41) is 0. The molecule has 0 saturated carbocycles. The molecule has 0 aromatic heterocycles. The summed E-state index contributed by atoms with van der Waals surface area (Å²) in [6, 6.07) is 16.5. The van der Waals surface area contributed by atoms with Crippen LogP contribution in [0.5, 0.6) is 11.5 Å². The summed E-state index contributed by atoms with van der Waals surface area (Å²) in [5.74, 6) is 0.262. The predicted octanol–water partition coefficient (Wildman–Crippen LogP) is 2.59. The molecule has 2 aromatic rings. The van der Waals surface area contributed by atoms with Crippen LogP contribution >= 0.6 is 0 Å². The Labute approximate surface area is 153 Å². The van der Waals surface area contributed by atoms with Crippen LogP contribution in [-0.4, -0.2) is 25.0 Å². The summed E-state index contributed by atoms with van der Waals surface area (Å²) < 4.78 is 10.9. The number of para-hydroxylation sites is 2. The highest BCUT2D eigenvalue weighted by atomic mass is 16.5. The van der Waals surface area contributed by atoms with Crippen molar-refractivity contribution in [3.63, 3.8) is 0 Å². The number of hydrazine groups is 1. The van der Waals surface area contributed by atoms with Crippen molar-refractivity contribution in [3.8, 4) is 11.5 Å². The lowest BCUT2D eigenvalue weighted by Crippen LogP contribution is -2.50. The Balaban J connectivity index is 1.86. The van der Waals surface area contributed by atoms with E-state index in [1.807, 2.05) is 43.3 Å². The smallest absolute Gasteiger partial charge is 0.276 e. The van der Waals surface area contributed by atoms with Crippen LogP contribution in [0.2, 0.25) is 0 Å². The first-order valence-corrected chi connectivity index (χ1v) is 8.44. The molecule has 26 heavy (non-hydrogen) atoms. The average Bonchev–Trinajstić information content (AvgIpc) is 2.66. The summed E-state index contributed by atoms with van der Waals surface area (Å²) in [5.41, 5.74) is 4.90. The minimum atomic E-state index is -0.781. The first-order chi connectivity index (χ1) is 12.4. The fourth-order valence-electron chi connectivity index (χ4n) is 2.29. The Hall–Kier alpha value is -3.02. The van der Waals surface area contributed by atoms with E-state index in [1.54, 1.807) is 32.0 Å². The molecule has 2 rings (SSSR count). The number of hydrogen-bond acceptors (Lipinski definition) is 4. The maximum absolute atomic E-state index is 12.4. The molecule has 0 bridgehead atoms. The molecule has 6 heteroatoms. The van der Waals surface area contributed by atoms with E-state index >= 15 is 0 Å². The van der Waals surface area contributed by atoms with Crippen LogP contribution in [0.4, 0.5) is 0 Å². The number of amides is 2. The summed E-state index contributed by atoms with van der Waals surface area (Å²) in [7, 11) is 0. The standard InChI is InChI=1S/C20H24N2O4/c1-4-25-16-12-8-9-13-17(16)26-14-18(23)21-22-19(24)20(2,3)15-10-6-5-7-11-15/h5-13H,4,14H2,1-3H3,(H,21,23)(H,22,24). The lowest BCUT2D eigenvalue weighted by molar-refractivity contribution is -0.132. The lowest BCUT2D eigenvalue weighted by atomic mass is 9.84. The molecule has 0 saturated heterocycles. The molecule has 6 nitrogen and oxygen atoms in total. The molecule has 2 N–H and O–H groups in total. The first kappa shape index (κ1) is 19.3. The molecule has 0 aliphatic heterocycles. The van der Waals surface area contributed by atoms with Crippen LogP contribution in [0.1, 0.15) is 26.3 Å². The van der Waals surface area contributed by atoms with Gasteiger partial charge in [-0.2, -0.15) is 0 Å². The predicted molar refractivity (Wildman–Crippen MR) is 98.9 cm³/mol. The monoisotopic (exact) mass is 356 g/mol. The van der Waals surface area contributed by atoms with E-state index in [0.717, 1.165) is 5.56 Å². The number of carbonyl (C=O) groups excluding carboxylic acids is 2. The van der Waals surface area contributed by atoms with Crippen molar-refractivity contribution in [2.24, 2.45) is 0 Å². The second kappa shape index (κ2) is 8.89. The number of benzene rings is 2. The normalized spacial score (nSPS) is 10.7. The van der Waals surface area contributed by atoms with E-state index in [4.69, 9.17) is 9.47 Å². The fourth-order valence-corrected chi connectivity index (χ4v) is 2.29. The highest BCUT2D eigenvalue weighted by Crippen LogP contribution is 2.26. The number of rotatable bonds is 7. The second-order valence-electron chi connectivity index (χ2n) is 6.16. The van der Waals surface area contributed by atoms with Gasteiger partial charge in [-0.15, -0.1) is 0 Å². The Bertz CT molecular complexity index is 744. The Morgan fingerprint density at radius 3 is 2.08 bits per heavy atom. The topological polar surface area (TPSA) is 76.7 Å². The quantitative estimate of drug-likeness (QED) is 0.748. The Kier molecular flexibility index (Phi) is 6.60. The van der Waals surface area contributed by atoms with E-state index in [9.17, 15) is 9.59 Å². The molecule has 0 aliphatic carbocycles. The summed E-state index contributed by atoms with van der Waals surface area (Å²) in [6.07, 6.45) is 0. The van der Waals surface area contributed by atoms with Gasteiger partial charge < -0.3 is 9.47 Å². The minimum absolute atomic E-state index is 0.240. The maximum Gasteiger partial charge on any atom is 0.276 e. The van der Waals surface area contributed by atoms with Crippen LogP contribution in [0.25, 0.3) is 0 Å². The highest BCUT2D eigenvalue weighted by molar-refractivity contribution is 5.89. The molecule has 0 fully saturated rings. The first-order valence-electron chi connectivity index (χ1n) is 8.44. The third-order valence-electron chi connectivity index (χ3n) is 3.89. The molecule has 2 aromatic carbocycles. The maximum atomic E-state index is 12.4. The minimum Gasteiger partial charge on any atom is -0.490 e. The zero-order valence-corrected chi connectivity index (χ0v) is 15.2. The van der Waals surface area contributed by atoms with Crippen molar-refractivity contribution < 1.29 is 19.1 Å². The van der Waals surface area contributed by atoms with Gasteiger partial charge in [-0.05, 0) is 38.5 Å². The van der Waals surface area contributed by atoms with E-state index in [-0.39, 0.29) is 12.5 Å². The van der Waals surface area contributed by atoms with Crippen LogP contribution in [-0.2, 0) is 15.0 Å². The van der Waals surface area contributed by atoms with Gasteiger partial charge in [-0.25, -0.2) is 0 Å². The molecular weight excluding hydrogens is 332 g/mol. The molecule has 0 spiro atoms. The molecule has 0 aliphatic rings. The third kappa shape index (κ3) is 4.99. The summed E-state index contributed by atoms with van der Waals surface area (Å²) in [6.45, 7) is 5.71. The van der Waals surface area contributed by atoms with Crippen molar-refractivity contribution in [2.45, 2.75) is 26.2 Å². The molecule has 2 amide bonds. The van der Waals surface area contributed by atoms with Crippen molar-refractivity contribution in [1.82, 2.24) is 10.9 Å². The van der Waals surface area contributed by atoms with Crippen LogP contribution < -0.4 is 20.3 Å². The number of hydrogen-bond donors (Lipinski definition) is 2. The van der Waals surface area contributed by atoms with Crippen molar-refractivity contribution in [2.75, 3.05) is 13.2 Å². The summed E-state index contributed by atoms with van der Waals surface area (Å²) in [4.78, 5) is 24.4. The van der Waals surface area contributed by atoms with Crippen molar-refractivity contribution in [3.05, 3.63) is 60.2 Å². The zero-order valence-electron chi connectivity index (χ0n) is 15.2. The SMILES string of the molecule is CCOc1ccccc1OCC(=O)NNC(=O)C(C)(C)c1ccccc1. The lowest BCUT2D eigenvalue weighted by Gasteiger charge is -2.24. The van der Waals surface area contributed by atoms with E-state index < -0.39 is 11.3 Å². The average molecular weight is 356 g/mol. The van der Waals surface area contributed by atoms with E-state index in [0.29, 0.717) is 18.1 Å². The van der Waals surface area contributed by atoms with Gasteiger partial charge in [0, 0.05) is 0 Å². The third-order valence-corrected chi connectivity index (χ3v) is 3.89. The second-order valence-corrected chi connectivity index (χ2v) is 6.16. The molecule has 0 radical (unpaired) electrons. The Morgan fingerprint density at radius 1 is 0.885 bits per heavy atom. The number of nitrogens with one attached hydrogen (secondary N) is 2. The van der Waals surface area contributed by atoms with Crippen molar-refractivity contribution >= 4 is 11.8 Å². The van der Waals surface area contributed by atoms with Crippen LogP contribution in [0.15, 0.2) is 54.6 Å². The van der Waals surface area contributed by atoms with Gasteiger partial charge in [0.05, 0.1) is 12.0 Å². The van der Waals surface area contributed by atoms with Gasteiger partial charge in [0.1, 0.15) is 0 Å². The number of ether oxygens (including phenoxy) is 2. The largest absolute Gasteiger partial charge is 0.490 e. The molecular formula is C20H24N2O4. The van der Waals surface area contributed by atoms with Gasteiger partial charge in [-0.1, -0.05) is 42.5 Å². The molecule has 0 atom stereocenters. The highest BCUT2D eigenvalue weighted by Gasteiger charge is 2.29. The van der Waals surface area contributed by atoms with Gasteiger partial charge >= 0.3 is 0 Å². The van der Waals surface area contributed by atoms with E-state index in [1.165, 1.54) is 0 Å².